The first-order valence-electron chi connectivity index (χ1n) is 8.16. The van der Waals surface area contributed by atoms with Gasteiger partial charge >= 0.3 is 11.9 Å². The number of ether oxygens (including phenoxy) is 2. The quantitative estimate of drug-likeness (QED) is 0.602. The van der Waals surface area contributed by atoms with Gasteiger partial charge in [-0.3, -0.25) is 4.79 Å². The van der Waals surface area contributed by atoms with E-state index in [0.29, 0.717) is 0 Å². The van der Waals surface area contributed by atoms with E-state index in [4.69, 9.17) is 4.74 Å². The van der Waals surface area contributed by atoms with Gasteiger partial charge in [0.2, 0.25) is 5.91 Å². The van der Waals surface area contributed by atoms with Crippen LogP contribution >= 0.6 is 11.8 Å². The maximum Gasteiger partial charge on any atom is 0.339 e. The van der Waals surface area contributed by atoms with Crippen molar-refractivity contribution in [1.82, 2.24) is 0 Å². The molecule has 0 atom stereocenters. The van der Waals surface area contributed by atoms with Crippen LogP contribution in [0.4, 0.5) is 5.69 Å². The smallest absolute Gasteiger partial charge is 0.339 e. The van der Waals surface area contributed by atoms with E-state index in [2.05, 4.69) is 10.1 Å². The number of carbonyl (C=O) groups is 3. The summed E-state index contributed by atoms with van der Waals surface area (Å²) < 4.78 is 9.40. The minimum atomic E-state index is -0.608. The fourth-order valence-corrected chi connectivity index (χ4v) is 3.11. The molecule has 2 aromatic rings. The van der Waals surface area contributed by atoms with Crippen LogP contribution in [0, 0.1) is 13.8 Å². The van der Waals surface area contributed by atoms with Crippen LogP contribution in [0.3, 0.4) is 0 Å². The average Bonchev–Trinajstić information content (AvgIpc) is 2.67. The van der Waals surface area contributed by atoms with Gasteiger partial charge in [0.1, 0.15) is 0 Å². The topological polar surface area (TPSA) is 81.7 Å². The van der Waals surface area contributed by atoms with Crippen LogP contribution in [0.1, 0.15) is 31.8 Å². The van der Waals surface area contributed by atoms with Crippen LogP contribution < -0.4 is 5.32 Å². The highest BCUT2D eigenvalue weighted by molar-refractivity contribution is 8.00. The maximum atomic E-state index is 12.4. The third-order valence-corrected chi connectivity index (χ3v) is 4.96. The number of methoxy groups -OCH3 is 2. The molecule has 2 aromatic carbocycles. The lowest BCUT2D eigenvalue weighted by Crippen LogP contribution is -2.18. The number of carbonyl (C=O) groups excluding carboxylic acids is 3. The number of anilines is 1. The molecule has 0 fully saturated rings. The summed E-state index contributed by atoms with van der Waals surface area (Å²) in [7, 11) is 2.51. The summed E-state index contributed by atoms with van der Waals surface area (Å²) in [5.41, 5.74) is 2.93. The van der Waals surface area contributed by atoms with Gasteiger partial charge in [-0.2, -0.15) is 0 Å². The Labute approximate surface area is 162 Å². The molecule has 142 valence electrons. The van der Waals surface area contributed by atoms with Gasteiger partial charge in [0.15, 0.2) is 0 Å². The number of rotatable bonds is 6. The fourth-order valence-electron chi connectivity index (χ4n) is 2.32. The predicted octanol–water partition coefficient (Wildman–Crippen LogP) is 3.61. The van der Waals surface area contributed by atoms with Crippen molar-refractivity contribution in [3.63, 3.8) is 0 Å². The summed E-state index contributed by atoms with van der Waals surface area (Å²) in [5.74, 6) is -1.31. The van der Waals surface area contributed by atoms with E-state index in [0.717, 1.165) is 10.5 Å². The van der Waals surface area contributed by atoms with E-state index in [1.807, 2.05) is 32.0 Å². The molecule has 1 amide bonds. The molecule has 0 aliphatic rings. The van der Waals surface area contributed by atoms with Gasteiger partial charge in [-0.1, -0.05) is 6.07 Å². The molecular formula is C20H21NO5S. The van der Waals surface area contributed by atoms with Crippen LogP contribution in [0.15, 0.2) is 41.3 Å². The summed E-state index contributed by atoms with van der Waals surface area (Å²) >= 11 is 1.39. The Balaban J connectivity index is 2.15. The lowest BCUT2D eigenvalue weighted by Gasteiger charge is -2.11. The Bertz CT molecular complexity index is 879. The standard InChI is InChI=1S/C20H21NO5S/c1-12-5-7-15(9-13(12)2)27-11-18(22)21-17-10-14(19(23)25-3)6-8-16(17)20(24)26-4/h5-10H,11H2,1-4H3,(H,21,22). The van der Waals surface area contributed by atoms with Crippen molar-refractivity contribution in [2.45, 2.75) is 18.7 Å². The number of esters is 2. The SMILES string of the molecule is COC(=O)c1ccc(C(=O)OC)c(NC(=O)CSc2ccc(C)c(C)c2)c1. The molecule has 6 nitrogen and oxygen atoms in total. The third kappa shape index (κ3) is 5.34. The molecular weight excluding hydrogens is 366 g/mol. The maximum absolute atomic E-state index is 12.4. The first-order chi connectivity index (χ1) is 12.8. The molecule has 0 aliphatic carbocycles. The Morgan fingerprint density at radius 2 is 1.63 bits per heavy atom. The normalized spacial score (nSPS) is 10.2. The largest absolute Gasteiger partial charge is 0.465 e. The predicted molar refractivity (Wildman–Crippen MR) is 104 cm³/mol. The first kappa shape index (κ1) is 20.5. The molecule has 0 saturated heterocycles. The summed E-state index contributed by atoms with van der Waals surface area (Å²) in [6.07, 6.45) is 0. The van der Waals surface area contributed by atoms with Gasteiger partial charge in [0, 0.05) is 4.90 Å². The van der Waals surface area contributed by atoms with Gasteiger partial charge in [-0.15, -0.1) is 11.8 Å². The van der Waals surface area contributed by atoms with Crippen LogP contribution in [-0.4, -0.2) is 37.8 Å². The van der Waals surface area contributed by atoms with E-state index < -0.39 is 11.9 Å². The van der Waals surface area contributed by atoms with Gasteiger partial charge in [0.05, 0.1) is 36.8 Å². The molecule has 0 unspecified atom stereocenters. The highest BCUT2D eigenvalue weighted by Crippen LogP contribution is 2.23. The van der Waals surface area contributed by atoms with Crippen LogP contribution in [-0.2, 0) is 14.3 Å². The number of hydrogen-bond acceptors (Lipinski definition) is 6. The number of hydrogen-bond donors (Lipinski definition) is 1. The third-order valence-electron chi connectivity index (χ3n) is 3.97. The van der Waals surface area contributed by atoms with E-state index in [1.54, 1.807) is 0 Å². The van der Waals surface area contributed by atoms with Crippen molar-refractivity contribution in [3.05, 3.63) is 58.7 Å². The van der Waals surface area contributed by atoms with Gasteiger partial charge < -0.3 is 14.8 Å². The molecule has 0 spiro atoms. The molecule has 7 heteroatoms. The molecule has 0 aromatic heterocycles. The Hall–Kier alpha value is -2.80. The number of benzene rings is 2. The molecule has 0 heterocycles. The zero-order chi connectivity index (χ0) is 20.0. The van der Waals surface area contributed by atoms with Crippen molar-refractivity contribution in [2.24, 2.45) is 0 Å². The van der Waals surface area contributed by atoms with Crippen LogP contribution in [0.2, 0.25) is 0 Å². The summed E-state index contributed by atoms with van der Waals surface area (Å²) in [6.45, 7) is 4.04. The van der Waals surface area contributed by atoms with Crippen molar-refractivity contribution in [3.8, 4) is 0 Å². The van der Waals surface area contributed by atoms with E-state index in [1.165, 1.54) is 49.7 Å². The monoisotopic (exact) mass is 387 g/mol. The Morgan fingerprint density at radius 3 is 2.26 bits per heavy atom. The minimum absolute atomic E-state index is 0.158. The zero-order valence-electron chi connectivity index (χ0n) is 15.6. The fraction of sp³-hybridized carbons (Fsp3) is 0.250. The second-order valence-corrected chi connectivity index (χ2v) is 6.88. The Morgan fingerprint density at radius 1 is 0.926 bits per heavy atom. The van der Waals surface area contributed by atoms with Gasteiger partial charge in [-0.25, -0.2) is 9.59 Å². The van der Waals surface area contributed by atoms with Crippen LogP contribution in [0.5, 0.6) is 0 Å². The highest BCUT2D eigenvalue weighted by atomic mass is 32.2. The Kier molecular flexibility index (Phi) is 7.01. The van der Waals surface area contributed by atoms with Crippen molar-refractivity contribution in [1.29, 1.82) is 0 Å². The van der Waals surface area contributed by atoms with Crippen molar-refractivity contribution in [2.75, 3.05) is 25.3 Å². The van der Waals surface area contributed by atoms with Crippen molar-refractivity contribution < 1.29 is 23.9 Å². The summed E-state index contributed by atoms with van der Waals surface area (Å²) in [4.78, 5) is 37.0. The molecule has 0 saturated carbocycles. The van der Waals surface area contributed by atoms with E-state index in [-0.39, 0.29) is 28.5 Å². The number of thioether (sulfide) groups is 1. The first-order valence-corrected chi connectivity index (χ1v) is 9.15. The summed E-state index contributed by atoms with van der Waals surface area (Å²) in [5, 5.41) is 2.67. The lowest BCUT2D eigenvalue weighted by atomic mass is 10.1. The van der Waals surface area contributed by atoms with E-state index in [9.17, 15) is 14.4 Å². The zero-order valence-corrected chi connectivity index (χ0v) is 16.4. The van der Waals surface area contributed by atoms with E-state index >= 15 is 0 Å². The van der Waals surface area contributed by atoms with Crippen LogP contribution in [0.25, 0.3) is 0 Å². The second-order valence-electron chi connectivity index (χ2n) is 5.83. The number of amides is 1. The average molecular weight is 387 g/mol. The molecule has 0 radical (unpaired) electrons. The highest BCUT2D eigenvalue weighted by Gasteiger charge is 2.17. The summed E-state index contributed by atoms with van der Waals surface area (Å²) in [6, 6.07) is 10.2. The van der Waals surface area contributed by atoms with Crippen molar-refractivity contribution >= 4 is 35.3 Å². The molecule has 0 bridgehead atoms. The minimum Gasteiger partial charge on any atom is -0.465 e. The van der Waals surface area contributed by atoms with Gasteiger partial charge in [-0.05, 0) is 55.3 Å². The number of aryl methyl sites for hydroxylation is 2. The molecule has 1 N–H and O–H groups in total. The molecule has 27 heavy (non-hydrogen) atoms. The molecule has 2 rings (SSSR count). The molecule has 0 aliphatic heterocycles. The second kappa shape index (κ2) is 9.23. The van der Waals surface area contributed by atoms with Gasteiger partial charge in [0.25, 0.3) is 0 Å². The lowest BCUT2D eigenvalue weighted by molar-refractivity contribution is -0.113. The number of nitrogens with one attached hydrogen (secondary N) is 1.